The number of thiophene rings is 1. The Bertz CT molecular complexity index is 1470. The molecule has 2 aromatic carbocycles. The van der Waals surface area contributed by atoms with E-state index >= 15 is 0 Å². The molecule has 2 aliphatic rings. The summed E-state index contributed by atoms with van der Waals surface area (Å²) < 4.78 is 42.3. The molecule has 2 N–H and O–H groups in total. The molecule has 1 aliphatic carbocycles. The van der Waals surface area contributed by atoms with Crippen molar-refractivity contribution in [2.45, 2.75) is 38.4 Å². The Labute approximate surface area is 220 Å². The van der Waals surface area contributed by atoms with Crippen LogP contribution in [0.5, 0.6) is 0 Å². The summed E-state index contributed by atoms with van der Waals surface area (Å²) in [7, 11) is 0. The lowest BCUT2D eigenvalue weighted by Crippen LogP contribution is -2.24. The number of aromatic amines is 1. The summed E-state index contributed by atoms with van der Waals surface area (Å²) in [4.78, 5) is 6.23. The first-order valence-corrected chi connectivity index (χ1v) is 15.0. The average Bonchev–Trinajstić information content (AvgIpc) is 3.21. The molecule has 1 fully saturated rings. The molecule has 3 heterocycles. The first-order chi connectivity index (χ1) is 17.4. The van der Waals surface area contributed by atoms with Crippen LogP contribution in [0.25, 0.3) is 10.9 Å². The molecule has 4 nitrogen and oxygen atoms in total. The third-order valence-corrected chi connectivity index (χ3v) is 10.8. The Morgan fingerprint density at radius 2 is 2.00 bits per heavy atom. The summed E-state index contributed by atoms with van der Waals surface area (Å²) in [5.74, 6) is 1.32. The second kappa shape index (κ2) is 9.83. The molecule has 2 atom stereocenters. The smallest absolute Gasteiger partial charge is 0.278 e. The molecule has 6 rings (SSSR count). The number of hydrogen-bond donors (Lipinski definition) is 2. The van der Waals surface area contributed by atoms with E-state index in [9.17, 15) is 13.2 Å². The lowest BCUT2D eigenvalue weighted by molar-refractivity contribution is -0.138. The Kier molecular flexibility index (Phi) is 6.55. The summed E-state index contributed by atoms with van der Waals surface area (Å²) in [6, 6.07) is 14.4. The lowest BCUT2D eigenvalue weighted by Gasteiger charge is -2.16. The Balaban J connectivity index is 1.10. The molecule has 1 saturated carbocycles. The third-order valence-electron chi connectivity index (χ3n) is 6.88. The number of aliphatic imine (C=N–C) groups is 1. The van der Waals surface area contributed by atoms with E-state index in [1.54, 1.807) is 17.4 Å². The van der Waals surface area contributed by atoms with Gasteiger partial charge in [-0.2, -0.15) is 18.3 Å². The molecule has 1 aliphatic heterocycles. The first-order valence-electron chi connectivity index (χ1n) is 11.9. The second-order valence-corrected chi connectivity index (χ2v) is 13.0. The van der Waals surface area contributed by atoms with E-state index in [0.717, 1.165) is 45.7 Å². The van der Waals surface area contributed by atoms with Crippen molar-refractivity contribution in [3.63, 3.8) is 0 Å². The highest BCUT2D eigenvalue weighted by atomic mass is 127. The zero-order valence-corrected chi connectivity index (χ0v) is 22.3. The SMILES string of the molecule is FC(F)(F)c1ccccc1CNC1=Ic2ccsc2C(CC2CC2CCc2ccc3[nH]ncc3c2)=N1. The van der Waals surface area contributed by atoms with E-state index in [2.05, 4.69) is 45.2 Å². The summed E-state index contributed by atoms with van der Waals surface area (Å²) in [6.07, 6.45) is 1.88. The number of halogens is 4. The summed E-state index contributed by atoms with van der Waals surface area (Å²) in [5.41, 5.74) is 3.18. The van der Waals surface area contributed by atoms with Gasteiger partial charge in [0.1, 0.15) is 3.76 Å². The van der Waals surface area contributed by atoms with Crippen LogP contribution in [0.1, 0.15) is 40.8 Å². The van der Waals surface area contributed by atoms with Crippen LogP contribution < -0.4 is 5.32 Å². The van der Waals surface area contributed by atoms with Gasteiger partial charge in [-0.25, -0.2) is 4.99 Å². The van der Waals surface area contributed by atoms with Gasteiger partial charge in [0.15, 0.2) is 0 Å². The van der Waals surface area contributed by atoms with E-state index in [4.69, 9.17) is 4.99 Å². The number of alkyl halides is 3. The molecule has 36 heavy (non-hydrogen) atoms. The molecule has 0 bridgehead atoms. The van der Waals surface area contributed by atoms with Gasteiger partial charge < -0.3 is 0 Å². The van der Waals surface area contributed by atoms with Crippen molar-refractivity contribution in [3.05, 3.63) is 85.2 Å². The monoisotopic (exact) mass is 620 g/mol. The molecular weight excluding hydrogens is 596 g/mol. The Hall–Kier alpha value is -2.37. The highest BCUT2D eigenvalue weighted by Gasteiger charge is 2.38. The number of rotatable bonds is 8. The van der Waals surface area contributed by atoms with Gasteiger partial charge in [-0.05, 0) is 99.0 Å². The Morgan fingerprint density at radius 3 is 2.89 bits per heavy atom. The quantitative estimate of drug-likeness (QED) is 0.206. The number of nitrogens with zero attached hydrogens (tertiary/aromatic N) is 2. The van der Waals surface area contributed by atoms with Crippen LogP contribution in [-0.4, -0.2) is 19.7 Å². The maximum Gasteiger partial charge on any atom is 0.416 e. The highest BCUT2D eigenvalue weighted by Crippen LogP contribution is 2.46. The van der Waals surface area contributed by atoms with E-state index < -0.39 is 32.5 Å². The normalized spacial score (nSPS) is 19.4. The van der Waals surface area contributed by atoms with Crippen molar-refractivity contribution < 1.29 is 13.2 Å². The second-order valence-electron chi connectivity index (χ2n) is 9.34. The van der Waals surface area contributed by atoms with Crippen molar-refractivity contribution in [2.24, 2.45) is 16.8 Å². The lowest BCUT2D eigenvalue weighted by atomic mass is 10.0. The zero-order chi connectivity index (χ0) is 24.7. The number of aromatic nitrogens is 2. The highest BCUT2D eigenvalue weighted by molar-refractivity contribution is 14.2. The maximum atomic E-state index is 13.4. The van der Waals surface area contributed by atoms with Crippen LogP contribution >= 0.6 is 32.1 Å². The van der Waals surface area contributed by atoms with Crippen LogP contribution in [0.15, 0.2) is 65.1 Å². The van der Waals surface area contributed by atoms with Crippen LogP contribution in [0.4, 0.5) is 13.2 Å². The van der Waals surface area contributed by atoms with Gasteiger partial charge >= 0.3 is 6.18 Å². The minimum Gasteiger partial charge on any atom is -0.278 e. The zero-order valence-electron chi connectivity index (χ0n) is 19.3. The van der Waals surface area contributed by atoms with E-state index in [0.29, 0.717) is 11.8 Å². The van der Waals surface area contributed by atoms with Gasteiger partial charge in [0.2, 0.25) is 0 Å². The maximum absolute atomic E-state index is 13.4. The summed E-state index contributed by atoms with van der Waals surface area (Å²) in [6.45, 7) is 0.133. The van der Waals surface area contributed by atoms with Gasteiger partial charge in [-0.3, -0.25) is 10.4 Å². The fourth-order valence-electron chi connectivity index (χ4n) is 4.85. The molecule has 9 heteroatoms. The van der Waals surface area contributed by atoms with Crippen molar-refractivity contribution in [1.82, 2.24) is 15.5 Å². The number of benzene rings is 2. The largest absolute Gasteiger partial charge is 0.416 e. The molecule has 2 aromatic heterocycles. The predicted molar refractivity (Wildman–Crippen MR) is 147 cm³/mol. The molecule has 0 saturated heterocycles. The summed E-state index contributed by atoms with van der Waals surface area (Å²) >= 11 is 1.21. The molecule has 2 unspecified atom stereocenters. The molecular formula is C27H24F3IN4S. The minimum absolute atomic E-state index is 0.133. The molecule has 0 amide bonds. The topological polar surface area (TPSA) is 53.1 Å². The van der Waals surface area contributed by atoms with Crippen molar-refractivity contribution in [1.29, 1.82) is 0 Å². The fourth-order valence-corrected chi connectivity index (χ4v) is 8.78. The minimum atomic E-state index is -4.36. The van der Waals surface area contributed by atoms with Crippen LogP contribution in [0.2, 0.25) is 0 Å². The number of aryl methyl sites for hydroxylation is 1. The number of H-pyrrole nitrogens is 1. The van der Waals surface area contributed by atoms with Crippen molar-refractivity contribution in [3.8, 4) is 0 Å². The molecule has 186 valence electrons. The predicted octanol–water partition coefficient (Wildman–Crippen LogP) is 7.12. The van der Waals surface area contributed by atoms with E-state index in [1.807, 2.05) is 6.20 Å². The van der Waals surface area contributed by atoms with E-state index in [1.165, 1.54) is 32.6 Å². The average molecular weight is 620 g/mol. The van der Waals surface area contributed by atoms with Gasteiger partial charge in [0.25, 0.3) is 0 Å². The van der Waals surface area contributed by atoms with E-state index in [-0.39, 0.29) is 12.1 Å². The van der Waals surface area contributed by atoms with Gasteiger partial charge in [0, 0.05) is 15.5 Å². The number of fused-ring (bicyclic) bond motifs is 2. The van der Waals surface area contributed by atoms with Crippen molar-refractivity contribution >= 4 is 52.4 Å². The third kappa shape index (κ3) is 5.19. The van der Waals surface area contributed by atoms with Crippen LogP contribution in [-0.2, 0) is 19.1 Å². The molecule has 0 radical (unpaired) electrons. The fraction of sp³-hybridized carbons (Fsp3) is 0.296. The van der Waals surface area contributed by atoms with Gasteiger partial charge in [0.05, 0.1) is 27.9 Å². The Morgan fingerprint density at radius 1 is 1.11 bits per heavy atom. The first kappa shape index (κ1) is 24.0. The molecule has 4 aromatic rings. The number of hydrogen-bond acceptors (Lipinski definition) is 4. The van der Waals surface area contributed by atoms with Crippen molar-refractivity contribution in [2.75, 3.05) is 0 Å². The number of nitrogens with one attached hydrogen (secondary N) is 2. The van der Waals surface area contributed by atoms with Crippen LogP contribution in [0.3, 0.4) is 0 Å². The standard InChI is InChI=1S/C27H24F3IN4S/c28-27(29,30)21-4-2-1-3-18(21)14-32-26-31-22-9-10-36-25(22)24(34-26)13-19-12-17(19)7-5-16-6-8-23-20(11-16)15-33-35-23/h1-4,6,8-11,15,17,19H,5,7,12-14H2,(H,32,34)(H,33,35). The van der Waals surface area contributed by atoms with Gasteiger partial charge in [-0.15, -0.1) is 11.3 Å². The summed E-state index contributed by atoms with van der Waals surface area (Å²) in [5, 5.41) is 13.6. The molecule has 0 spiro atoms. The van der Waals surface area contributed by atoms with Crippen LogP contribution in [0, 0.1) is 15.4 Å². The van der Waals surface area contributed by atoms with Gasteiger partial charge in [-0.1, -0.05) is 24.3 Å².